The summed E-state index contributed by atoms with van der Waals surface area (Å²) in [4.78, 5) is 0. The summed E-state index contributed by atoms with van der Waals surface area (Å²) in [5.74, 6) is 1.13. The van der Waals surface area contributed by atoms with Gasteiger partial charge in [0.05, 0.1) is 12.7 Å². The van der Waals surface area contributed by atoms with Gasteiger partial charge in [-0.1, -0.05) is 19.9 Å². The van der Waals surface area contributed by atoms with Gasteiger partial charge in [-0.05, 0) is 19.8 Å². The van der Waals surface area contributed by atoms with E-state index < -0.39 is 0 Å². The van der Waals surface area contributed by atoms with Crippen molar-refractivity contribution in [3.05, 3.63) is 12.7 Å². The lowest BCUT2D eigenvalue weighted by atomic mass is 9.97. The minimum atomic E-state index is 0.330. The third kappa shape index (κ3) is 5.02. The van der Waals surface area contributed by atoms with Crippen molar-refractivity contribution in [1.82, 2.24) is 0 Å². The van der Waals surface area contributed by atoms with E-state index in [1.807, 2.05) is 6.08 Å². The molecule has 1 unspecified atom stereocenters. The van der Waals surface area contributed by atoms with Gasteiger partial charge in [0.15, 0.2) is 0 Å². The Morgan fingerprint density at radius 2 is 1.82 bits per heavy atom. The first-order chi connectivity index (χ1) is 5.07. The van der Waals surface area contributed by atoms with Gasteiger partial charge in [-0.3, -0.25) is 0 Å². The van der Waals surface area contributed by atoms with Gasteiger partial charge in [-0.2, -0.15) is 0 Å². The molecule has 0 saturated carbocycles. The first-order valence-corrected chi connectivity index (χ1v) is 4.32. The molecule has 0 aromatic carbocycles. The Morgan fingerprint density at radius 3 is 2.09 bits per heavy atom. The van der Waals surface area contributed by atoms with E-state index in [9.17, 15) is 0 Å². The summed E-state index contributed by atoms with van der Waals surface area (Å²) in [5, 5.41) is 0. The Kier molecular flexibility index (Phi) is 5.22. The second kappa shape index (κ2) is 5.36. The van der Waals surface area contributed by atoms with Crippen molar-refractivity contribution < 1.29 is 4.74 Å². The number of hydrogen-bond donors (Lipinski definition) is 0. The van der Waals surface area contributed by atoms with E-state index in [2.05, 4.69) is 34.3 Å². The molecule has 66 valence electrons. The lowest BCUT2D eigenvalue weighted by molar-refractivity contribution is 0.0518. The van der Waals surface area contributed by atoms with Gasteiger partial charge in [0.2, 0.25) is 0 Å². The van der Waals surface area contributed by atoms with Crippen LogP contribution in [-0.4, -0.2) is 12.7 Å². The molecule has 0 heterocycles. The fourth-order valence-corrected chi connectivity index (χ4v) is 0.836. The van der Waals surface area contributed by atoms with Gasteiger partial charge in [0, 0.05) is 5.92 Å². The maximum absolute atomic E-state index is 5.48. The summed E-state index contributed by atoms with van der Waals surface area (Å²) in [6.45, 7) is 13.1. The van der Waals surface area contributed by atoms with Crippen LogP contribution in [0.2, 0.25) is 0 Å². The van der Waals surface area contributed by atoms with Crippen LogP contribution in [0.25, 0.3) is 0 Å². The van der Waals surface area contributed by atoms with Gasteiger partial charge in [-0.15, -0.1) is 6.58 Å². The molecular weight excluding hydrogens is 136 g/mol. The van der Waals surface area contributed by atoms with Crippen molar-refractivity contribution in [1.29, 1.82) is 0 Å². The molecule has 0 amide bonds. The molecule has 0 rings (SSSR count). The van der Waals surface area contributed by atoms with Crippen molar-refractivity contribution in [2.24, 2.45) is 11.8 Å². The topological polar surface area (TPSA) is 9.23 Å². The molecule has 0 fully saturated rings. The second-order valence-electron chi connectivity index (χ2n) is 3.53. The predicted molar refractivity (Wildman–Crippen MR) is 49.6 cm³/mol. The lowest BCUT2D eigenvalue weighted by Crippen LogP contribution is -2.16. The summed E-state index contributed by atoms with van der Waals surface area (Å²) in [7, 11) is 0. The van der Waals surface area contributed by atoms with Crippen molar-refractivity contribution in [2.75, 3.05) is 6.61 Å². The van der Waals surface area contributed by atoms with Crippen LogP contribution in [0, 0.1) is 11.8 Å². The number of ether oxygens (including phenoxy) is 1. The van der Waals surface area contributed by atoms with Gasteiger partial charge in [0.25, 0.3) is 0 Å². The van der Waals surface area contributed by atoms with Crippen LogP contribution in [0.3, 0.4) is 0 Å². The number of hydrogen-bond acceptors (Lipinski definition) is 1. The summed E-state index contributed by atoms with van der Waals surface area (Å²) in [6, 6.07) is 0. The fourth-order valence-electron chi connectivity index (χ4n) is 0.836. The minimum absolute atomic E-state index is 0.330. The standard InChI is InChI=1S/C10H20O/c1-6-10(8(2)3)7-11-9(4)5/h6,8-10H,1,7H2,2-5H3. The molecule has 1 atom stereocenters. The van der Waals surface area contributed by atoms with E-state index in [1.54, 1.807) is 0 Å². The highest BCUT2D eigenvalue weighted by Crippen LogP contribution is 2.12. The first-order valence-electron chi connectivity index (χ1n) is 4.32. The zero-order chi connectivity index (χ0) is 8.85. The molecule has 0 bridgehead atoms. The van der Waals surface area contributed by atoms with Crippen molar-refractivity contribution >= 4 is 0 Å². The van der Waals surface area contributed by atoms with Crippen molar-refractivity contribution in [2.45, 2.75) is 33.8 Å². The van der Waals surface area contributed by atoms with Gasteiger partial charge in [-0.25, -0.2) is 0 Å². The molecule has 0 aliphatic heterocycles. The molecule has 0 aromatic heterocycles. The van der Waals surface area contributed by atoms with Crippen LogP contribution < -0.4 is 0 Å². The minimum Gasteiger partial charge on any atom is -0.378 e. The quantitative estimate of drug-likeness (QED) is 0.556. The Morgan fingerprint density at radius 1 is 1.27 bits per heavy atom. The summed E-state index contributed by atoms with van der Waals surface area (Å²) in [6.07, 6.45) is 2.31. The molecular formula is C10H20O. The van der Waals surface area contributed by atoms with Gasteiger partial charge >= 0.3 is 0 Å². The maximum Gasteiger partial charge on any atom is 0.0534 e. The SMILES string of the molecule is C=CC(COC(C)C)C(C)C. The molecule has 1 nitrogen and oxygen atoms in total. The van der Waals surface area contributed by atoms with Crippen LogP contribution in [0.1, 0.15) is 27.7 Å². The zero-order valence-corrected chi connectivity index (χ0v) is 8.13. The number of rotatable bonds is 5. The first kappa shape index (κ1) is 10.7. The van der Waals surface area contributed by atoms with Crippen molar-refractivity contribution in [3.63, 3.8) is 0 Å². The van der Waals surface area contributed by atoms with Crippen LogP contribution in [-0.2, 0) is 4.74 Å². The van der Waals surface area contributed by atoms with Crippen LogP contribution in [0.4, 0.5) is 0 Å². The molecule has 0 aliphatic carbocycles. The summed E-state index contributed by atoms with van der Waals surface area (Å²) < 4.78 is 5.48. The lowest BCUT2D eigenvalue weighted by Gasteiger charge is -2.17. The third-order valence-corrected chi connectivity index (χ3v) is 1.78. The monoisotopic (exact) mass is 156 g/mol. The molecule has 11 heavy (non-hydrogen) atoms. The molecule has 1 heteroatoms. The fraction of sp³-hybridized carbons (Fsp3) is 0.800. The van der Waals surface area contributed by atoms with Crippen LogP contribution in [0.5, 0.6) is 0 Å². The molecule has 0 saturated heterocycles. The Bertz CT molecular complexity index is 105. The molecule has 0 aliphatic rings. The average Bonchev–Trinajstić information content (AvgIpc) is 1.87. The van der Waals surface area contributed by atoms with Crippen molar-refractivity contribution in [3.8, 4) is 0 Å². The van der Waals surface area contributed by atoms with E-state index in [1.165, 1.54) is 0 Å². The molecule has 0 spiro atoms. The molecule has 0 aromatic rings. The van der Waals surface area contributed by atoms with E-state index >= 15 is 0 Å². The normalized spacial score (nSPS) is 14.0. The van der Waals surface area contributed by atoms with Crippen LogP contribution in [0.15, 0.2) is 12.7 Å². The maximum atomic E-state index is 5.48. The summed E-state index contributed by atoms with van der Waals surface area (Å²) >= 11 is 0. The zero-order valence-electron chi connectivity index (χ0n) is 8.13. The average molecular weight is 156 g/mol. The highest BCUT2D eigenvalue weighted by atomic mass is 16.5. The van der Waals surface area contributed by atoms with E-state index in [-0.39, 0.29) is 0 Å². The Labute approximate surface area is 70.4 Å². The predicted octanol–water partition coefficient (Wildman–Crippen LogP) is 2.87. The Hall–Kier alpha value is -0.300. The van der Waals surface area contributed by atoms with E-state index in [4.69, 9.17) is 4.74 Å². The van der Waals surface area contributed by atoms with Gasteiger partial charge in [0.1, 0.15) is 0 Å². The van der Waals surface area contributed by atoms with Crippen LogP contribution >= 0.6 is 0 Å². The summed E-state index contributed by atoms with van der Waals surface area (Å²) in [5.41, 5.74) is 0. The Balaban J connectivity index is 3.61. The molecule has 0 N–H and O–H groups in total. The second-order valence-corrected chi connectivity index (χ2v) is 3.53. The third-order valence-electron chi connectivity index (χ3n) is 1.78. The van der Waals surface area contributed by atoms with E-state index in [0.29, 0.717) is 17.9 Å². The van der Waals surface area contributed by atoms with E-state index in [0.717, 1.165) is 6.61 Å². The largest absolute Gasteiger partial charge is 0.378 e. The highest BCUT2D eigenvalue weighted by molar-refractivity contribution is 4.80. The smallest absolute Gasteiger partial charge is 0.0534 e. The highest BCUT2D eigenvalue weighted by Gasteiger charge is 2.09. The molecule has 0 radical (unpaired) electrons. The van der Waals surface area contributed by atoms with Gasteiger partial charge < -0.3 is 4.74 Å².